The fraction of sp³-hybridized carbons (Fsp3) is 0.333. The van der Waals surface area contributed by atoms with Crippen molar-refractivity contribution in [2.75, 3.05) is 25.1 Å². The highest BCUT2D eigenvalue weighted by molar-refractivity contribution is 5.98. The van der Waals surface area contributed by atoms with Crippen LogP contribution in [0.1, 0.15) is 26.2 Å². The molecule has 5 nitrogen and oxygen atoms in total. The first kappa shape index (κ1) is 19.5. The third-order valence-electron chi connectivity index (χ3n) is 3.92. The summed E-state index contributed by atoms with van der Waals surface area (Å²) < 4.78 is 5.45. The van der Waals surface area contributed by atoms with Crippen LogP contribution in [0.3, 0.4) is 0 Å². The number of fused-ring (bicyclic) bond motifs is 1. The van der Waals surface area contributed by atoms with Crippen molar-refractivity contribution >= 4 is 22.4 Å². The lowest BCUT2D eigenvalue weighted by Gasteiger charge is -2.08. The zero-order chi connectivity index (χ0) is 18.6. The first-order chi connectivity index (χ1) is 12.8. The van der Waals surface area contributed by atoms with E-state index in [-0.39, 0.29) is 11.5 Å². The minimum Gasteiger partial charge on any atom is -0.381 e. The van der Waals surface area contributed by atoms with Gasteiger partial charge in [0, 0.05) is 37.0 Å². The molecule has 0 heterocycles. The summed E-state index contributed by atoms with van der Waals surface area (Å²) in [5, 5.41) is 17.2. The van der Waals surface area contributed by atoms with Gasteiger partial charge in [0.2, 0.25) is 0 Å². The number of ether oxygens (including phenoxy) is 1. The molecule has 0 aliphatic carbocycles. The second kappa shape index (κ2) is 10.9. The number of carbonyl (C=O) groups excluding carboxylic acids is 1. The van der Waals surface area contributed by atoms with E-state index in [0.29, 0.717) is 13.2 Å². The summed E-state index contributed by atoms with van der Waals surface area (Å²) in [6.07, 6.45) is 4.34. The molecule has 2 N–H and O–H groups in total. The number of benzene rings is 2. The van der Waals surface area contributed by atoms with Crippen LogP contribution in [0.2, 0.25) is 0 Å². The SMILES string of the molecule is CCCCOCCCNC(=O)/C(C#N)=C\Nc1cccc2ccccc12. The molecule has 0 unspecified atom stereocenters. The second-order valence-electron chi connectivity index (χ2n) is 5.92. The molecular formula is C21H25N3O2. The number of nitriles is 1. The first-order valence-corrected chi connectivity index (χ1v) is 8.96. The molecule has 1 amide bonds. The minimum absolute atomic E-state index is 0.0461. The molecule has 0 saturated heterocycles. The quantitative estimate of drug-likeness (QED) is 0.386. The van der Waals surface area contributed by atoms with E-state index in [0.717, 1.165) is 42.3 Å². The molecule has 0 aliphatic rings. The number of hydrogen-bond acceptors (Lipinski definition) is 4. The van der Waals surface area contributed by atoms with E-state index in [2.05, 4.69) is 17.6 Å². The van der Waals surface area contributed by atoms with Gasteiger partial charge in [-0.15, -0.1) is 0 Å². The molecule has 0 spiro atoms. The van der Waals surface area contributed by atoms with Crippen LogP contribution in [-0.4, -0.2) is 25.7 Å². The van der Waals surface area contributed by atoms with E-state index < -0.39 is 0 Å². The number of unbranched alkanes of at least 4 members (excludes halogenated alkanes) is 1. The van der Waals surface area contributed by atoms with Crippen molar-refractivity contribution in [3.05, 3.63) is 54.2 Å². The van der Waals surface area contributed by atoms with Crippen LogP contribution in [0.4, 0.5) is 5.69 Å². The summed E-state index contributed by atoms with van der Waals surface area (Å²) in [6, 6.07) is 15.8. The maximum atomic E-state index is 12.1. The summed E-state index contributed by atoms with van der Waals surface area (Å²) in [5.41, 5.74) is 0.901. The Morgan fingerprint density at radius 1 is 1.15 bits per heavy atom. The average molecular weight is 351 g/mol. The fourth-order valence-corrected chi connectivity index (χ4v) is 2.47. The third kappa shape index (κ3) is 5.91. The molecule has 0 atom stereocenters. The fourth-order valence-electron chi connectivity index (χ4n) is 2.47. The summed E-state index contributed by atoms with van der Waals surface area (Å²) >= 11 is 0. The highest BCUT2D eigenvalue weighted by Gasteiger charge is 2.08. The van der Waals surface area contributed by atoms with Gasteiger partial charge in [0.05, 0.1) is 0 Å². The van der Waals surface area contributed by atoms with Crippen LogP contribution in [0, 0.1) is 11.3 Å². The summed E-state index contributed by atoms with van der Waals surface area (Å²) in [7, 11) is 0. The Morgan fingerprint density at radius 2 is 1.92 bits per heavy atom. The van der Waals surface area contributed by atoms with E-state index >= 15 is 0 Å². The Labute approximate surface area is 154 Å². The zero-order valence-corrected chi connectivity index (χ0v) is 15.1. The highest BCUT2D eigenvalue weighted by Crippen LogP contribution is 2.23. The van der Waals surface area contributed by atoms with Crippen LogP contribution in [0.5, 0.6) is 0 Å². The van der Waals surface area contributed by atoms with Gasteiger partial charge in [-0.25, -0.2) is 0 Å². The predicted octanol–water partition coefficient (Wildman–Crippen LogP) is 3.98. The van der Waals surface area contributed by atoms with Crippen molar-refractivity contribution in [3.63, 3.8) is 0 Å². The monoisotopic (exact) mass is 351 g/mol. The smallest absolute Gasteiger partial charge is 0.263 e. The zero-order valence-electron chi connectivity index (χ0n) is 15.1. The van der Waals surface area contributed by atoms with Gasteiger partial charge in [0.15, 0.2) is 0 Å². The van der Waals surface area contributed by atoms with Crippen LogP contribution in [0.25, 0.3) is 10.8 Å². The number of rotatable bonds is 10. The first-order valence-electron chi connectivity index (χ1n) is 8.96. The van der Waals surface area contributed by atoms with Crippen molar-refractivity contribution in [3.8, 4) is 6.07 Å². The Kier molecular flexibility index (Phi) is 8.17. The van der Waals surface area contributed by atoms with Crippen LogP contribution >= 0.6 is 0 Å². The van der Waals surface area contributed by atoms with Crippen LogP contribution in [0.15, 0.2) is 54.2 Å². The number of nitrogens with one attached hydrogen (secondary N) is 2. The Morgan fingerprint density at radius 3 is 2.73 bits per heavy atom. The lowest BCUT2D eigenvalue weighted by molar-refractivity contribution is -0.117. The van der Waals surface area contributed by atoms with Gasteiger partial charge in [-0.2, -0.15) is 5.26 Å². The third-order valence-corrected chi connectivity index (χ3v) is 3.92. The number of hydrogen-bond donors (Lipinski definition) is 2. The van der Waals surface area contributed by atoms with Gasteiger partial charge in [0.25, 0.3) is 5.91 Å². The Balaban J connectivity index is 1.87. The van der Waals surface area contributed by atoms with Crippen molar-refractivity contribution in [1.29, 1.82) is 5.26 Å². The van der Waals surface area contributed by atoms with Crippen LogP contribution in [-0.2, 0) is 9.53 Å². The van der Waals surface area contributed by atoms with E-state index in [1.165, 1.54) is 6.20 Å². The molecular weight excluding hydrogens is 326 g/mol. The van der Waals surface area contributed by atoms with Crippen molar-refractivity contribution in [1.82, 2.24) is 5.32 Å². The Hall–Kier alpha value is -2.84. The topological polar surface area (TPSA) is 74.1 Å². The standard InChI is InChI=1S/C21H25N3O2/c1-2-3-13-26-14-7-12-23-21(25)18(15-22)16-24-20-11-6-9-17-8-4-5-10-19(17)20/h4-6,8-11,16,24H,2-3,7,12-14H2,1H3,(H,23,25)/b18-16-. The molecule has 2 aromatic carbocycles. The number of anilines is 1. The molecule has 136 valence electrons. The molecule has 26 heavy (non-hydrogen) atoms. The molecule has 0 bridgehead atoms. The van der Waals surface area contributed by atoms with Gasteiger partial charge in [0.1, 0.15) is 11.6 Å². The normalized spacial score (nSPS) is 11.2. The maximum Gasteiger partial charge on any atom is 0.263 e. The van der Waals surface area contributed by atoms with Crippen LogP contribution < -0.4 is 10.6 Å². The minimum atomic E-state index is -0.381. The molecule has 0 saturated carbocycles. The molecule has 5 heteroatoms. The highest BCUT2D eigenvalue weighted by atomic mass is 16.5. The van der Waals surface area contributed by atoms with E-state index in [1.807, 2.05) is 48.5 Å². The number of amides is 1. The summed E-state index contributed by atoms with van der Waals surface area (Å²) in [6.45, 7) is 3.97. The largest absolute Gasteiger partial charge is 0.381 e. The molecule has 2 aromatic rings. The van der Waals surface area contributed by atoms with Gasteiger partial charge in [-0.1, -0.05) is 49.7 Å². The van der Waals surface area contributed by atoms with Crippen molar-refractivity contribution in [2.24, 2.45) is 0 Å². The van der Waals surface area contributed by atoms with Gasteiger partial charge >= 0.3 is 0 Å². The lowest BCUT2D eigenvalue weighted by atomic mass is 10.1. The average Bonchev–Trinajstić information content (AvgIpc) is 2.68. The van der Waals surface area contributed by atoms with Gasteiger partial charge < -0.3 is 15.4 Å². The molecule has 2 rings (SSSR count). The van der Waals surface area contributed by atoms with E-state index in [4.69, 9.17) is 4.74 Å². The number of nitrogens with zero attached hydrogens (tertiary/aromatic N) is 1. The molecule has 0 aliphatic heterocycles. The predicted molar refractivity (Wildman–Crippen MR) is 105 cm³/mol. The summed E-state index contributed by atoms with van der Waals surface area (Å²) in [4.78, 5) is 12.1. The maximum absolute atomic E-state index is 12.1. The lowest BCUT2D eigenvalue weighted by Crippen LogP contribution is -2.26. The molecule has 0 fully saturated rings. The number of carbonyl (C=O) groups is 1. The van der Waals surface area contributed by atoms with Crippen molar-refractivity contribution in [2.45, 2.75) is 26.2 Å². The second-order valence-corrected chi connectivity index (χ2v) is 5.92. The van der Waals surface area contributed by atoms with E-state index in [9.17, 15) is 10.1 Å². The Bertz CT molecular complexity index is 788. The van der Waals surface area contributed by atoms with Crippen molar-refractivity contribution < 1.29 is 9.53 Å². The van der Waals surface area contributed by atoms with E-state index in [1.54, 1.807) is 0 Å². The molecule has 0 radical (unpaired) electrons. The summed E-state index contributed by atoms with van der Waals surface area (Å²) in [5.74, 6) is -0.381. The van der Waals surface area contributed by atoms with Gasteiger partial charge in [-0.05, 0) is 24.3 Å². The molecule has 0 aromatic heterocycles. The van der Waals surface area contributed by atoms with Gasteiger partial charge in [-0.3, -0.25) is 4.79 Å².